The number of anilines is 2. The maximum absolute atomic E-state index is 12.6. The molecule has 0 radical (unpaired) electrons. The molecule has 1 fully saturated rings. The third-order valence-electron chi connectivity index (χ3n) is 4.66. The predicted octanol–water partition coefficient (Wildman–Crippen LogP) is 3.02. The van der Waals surface area contributed by atoms with Crippen LogP contribution in [0.1, 0.15) is 25.5 Å². The summed E-state index contributed by atoms with van der Waals surface area (Å²) in [4.78, 5) is 48.6. The number of benzene rings is 1. The first-order valence-corrected chi connectivity index (χ1v) is 11.3. The molecule has 2 amide bonds. The molecule has 156 valence electrons. The SMILES string of the molecule is CCN(C(=O)COC(=O)Cc1csc(N2CCCC2=O)n1)c1nc2ccccc2s1. The summed E-state index contributed by atoms with van der Waals surface area (Å²) >= 11 is 2.75. The molecule has 1 aliphatic heterocycles. The van der Waals surface area contributed by atoms with Crippen LogP contribution in [0.2, 0.25) is 0 Å². The number of nitrogens with zero attached hydrogens (tertiary/aromatic N) is 4. The number of aromatic nitrogens is 2. The van der Waals surface area contributed by atoms with Crippen molar-refractivity contribution >= 4 is 60.9 Å². The van der Waals surface area contributed by atoms with Crippen LogP contribution in [0.4, 0.5) is 10.3 Å². The van der Waals surface area contributed by atoms with E-state index in [1.165, 1.54) is 27.6 Å². The first kappa shape index (κ1) is 20.4. The van der Waals surface area contributed by atoms with E-state index in [-0.39, 0.29) is 24.8 Å². The number of rotatable bonds is 7. The van der Waals surface area contributed by atoms with Crippen LogP contribution in [0.3, 0.4) is 0 Å². The zero-order valence-electron chi connectivity index (χ0n) is 16.4. The molecule has 3 aromatic rings. The van der Waals surface area contributed by atoms with Crippen LogP contribution in [-0.4, -0.2) is 47.4 Å². The standard InChI is InChI=1S/C20H20N4O4S2/c1-2-23(20-22-14-6-3-4-7-15(14)30-20)17(26)11-28-18(27)10-13-12-29-19(21-13)24-9-5-8-16(24)25/h3-4,6-7,12H,2,5,8-11H2,1H3. The number of esters is 1. The van der Waals surface area contributed by atoms with E-state index in [0.717, 1.165) is 16.6 Å². The van der Waals surface area contributed by atoms with Crippen molar-refractivity contribution in [2.45, 2.75) is 26.2 Å². The molecule has 3 heterocycles. The van der Waals surface area contributed by atoms with Crippen LogP contribution >= 0.6 is 22.7 Å². The van der Waals surface area contributed by atoms with Gasteiger partial charge < -0.3 is 4.74 Å². The summed E-state index contributed by atoms with van der Waals surface area (Å²) in [6.07, 6.45) is 1.31. The Kier molecular flexibility index (Phi) is 6.05. The molecule has 4 rings (SSSR count). The summed E-state index contributed by atoms with van der Waals surface area (Å²) in [5, 5.41) is 2.92. The zero-order chi connectivity index (χ0) is 21.1. The monoisotopic (exact) mass is 444 g/mol. The molecule has 0 unspecified atom stereocenters. The fraction of sp³-hybridized carbons (Fsp3) is 0.350. The van der Waals surface area contributed by atoms with E-state index >= 15 is 0 Å². The van der Waals surface area contributed by atoms with Crippen molar-refractivity contribution in [1.29, 1.82) is 0 Å². The van der Waals surface area contributed by atoms with E-state index in [1.54, 1.807) is 10.3 Å². The molecule has 0 saturated carbocycles. The highest BCUT2D eigenvalue weighted by molar-refractivity contribution is 7.22. The number of amides is 2. The van der Waals surface area contributed by atoms with Crippen LogP contribution < -0.4 is 9.80 Å². The summed E-state index contributed by atoms with van der Waals surface area (Å²) in [6.45, 7) is 2.57. The highest BCUT2D eigenvalue weighted by Gasteiger charge is 2.25. The highest BCUT2D eigenvalue weighted by atomic mass is 32.1. The number of ether oxygens (including phenoxy) is 1. The Bertz CT molecular complexity index is 1060. The number of thiazole rings is 2. The van der Waals surface area contributed by atoms with Gasteiger partial charge in [0.25, 0.3) is 5.91 Å². The van der Waals surface area contributed by atoms with Crippen LogP contribution in [0, 0.1) is 0 Å². The fourth-order valence-corrected chi connectivity index (χ4v) is 5.08. The summed E-state index contributed by atoms with van der Waals surface area (Å²) < 4.78 is 6.16. The molecule has 1 aliphatic rings. The molecule has 0 bridgehead atoms. The lowest BCUT2D eigenvalue weighted by Gasteiger charge is -2.17. The molecule has 30 heavy (non-hydrogen) atoms. The molecular formula is C20H20N4O4S2. The number of hydrogen-bond acceptors (Lipinski definition) is 8. The van der Waals surface area contributed by atoms with Crippen molar-refractivity contribution in [2.75, 3.05) is 29.5 Å². The van der Waals surface area contributed by atoms with Gasteiger partial charge in [0.15, 0.2) is 16.9 Å². The maximum atomic E-state index is 12.6. The Morgan fingerprint density at radius 2 is 2.10 bits per heavy atom. The maximum Gasteiger partial charge on any atom is 0.312 e. The van der Waals surface area contributed by atoms with E-state index in [2.05, 4.69) is 9.97 Å². The van der Waals surface area contributed by atoms with Gasteiger partial charge in [0, 0.05) is 24.9 Å². The molecule has 0 spiro atoms. The smallest absolute Gasteiger partial charge is 0.312 e. The first-order chi connectivity index (χ1) is 14.5. The Balaban J connectivity index is 1.33. The Morgan fingerprint density at radius 3 is 2.83 bits per heavy atom. The lowest BCUT2D eigenvalue weighted by molar-refractivity contribution is -0.147. The van der Waals surface area contributed by atoms with Gasteiger partial charge in [-0.2, -0.15) is 0 Å². The minimum absolute atomic E-state index is 0.0426. The Labute approximate surface area is 181 Å². The molecular weight excluding hydrogens is 424 g/mol. The van der Waals surface area contributed by atoms with Gasteiger partial charge in [-0.1, -0.05) is 23.5 Å². The molecule has 0 aliphatic carbocycles. The van der Waals surface area contributed by atoms with Crippen LogP contribution in [-0.2, 0) is 25.5 Å². The van der Waals surface area contributed by atoms with E-state index in [1.807, 2.05) is 31.2 Å². The highest BCUT2D eigenvalue weighted by Crippen LogP contribution is 2.29. The summed E-state index contributed by atoms with van der Waals surface area (Å²) in [5.41, 5.74) is 1.36. The van der Waals surface area contributed by atoms with Crippen molar-refractivity contribution in [1.82, 2.24) is 9.97 Å². The number of fused-ring (bicyclic) bond motifs is 1. The van der Waals surface area contributed by atoms with Gasteiger partial charge in [0.2, 0.25) is 5.91 Å². The Morgan fingerprint density at radius 1 is 1.27 bits per heavy atom. The average Bonchev–Trinajstić information content (AvgIpc) is 3.46. The van der Waals surface area contributed by atoms with E-state index in [9.17, 15) is 14.4 Å². The lowest BCUT2D eigenvalue weighted by Crippen LogP contribution is -2.34. The third kappa shape index (κ3) is 4.34. The largest absolute Gasteiger partial charge is 0.455 e. The van der Waals surface area contributed by atoms with Crippen molar-refractivity contribution in [3.05, 3.63) is 35.3 Å². The summed E-state index contributed by atoms with van der Waals surface area (Å²) in [7, 11) is 0. The second-order valence-corrected chi connectivity index (χ2v) is 8.56. The van der Waals surface area contributed by atoms with E-state index in [4.69, 9.17) is 4.74 Å². The van der Waals surface area contributed by atoms with Gasteiger partial charge in [-0.05, 0) is 25.5 Å². The number of para-hydroxylation sites is 1. The van der Waals surface area contributed by atoms with Crippen molar-refractivity contribution in [3.8, 4) is 0 Å². The molecule has 2 aromatic heterocycles. The zero-order valence-corrected chi connectivity index (χ0v) is 18.0. The minimum Gasteiger partial charge on any atom is -0.455 e. The van der Waals surface area contributed by atoms with Crippen LogP contribution in [0.5, 0.6) is 0 Å². The third-order valence-corrected chi connectivity index (χ3v) is 6.63. The molecule has 0 N–H and O–H groups in total. The van der Waals surface area contributed by atoms with Crippen molar-refractivity contribution < 1.29 is 19.1 Å². The van der Waals surface area contributed by atoms with Gasteiger partial charge in [-0.3, -0.25) is 24.2 Å². The van der Waals surface area contributed by atoms with Gasteiger partial charge >= 0.3 is 5.97 Å². The normalized spacial score (nSPS) is 13.8. The topological polar surface area (TPSA) is 92.7 Å². The quantitative estimate of drug-likeness (QED) is 0.520. The number of carbonyl (C=O) groups is 3. The second-order valence-electron chi connectivity index (χ2n) is 6.71. The number of carbonyl (C=O) groups excluding carboxylic acids is 3. The summed E-state index contributed by atoms with van der Waals surface area (Å²) in [6, 6.07) is 7.67. The first-order valence-electron chi connectivity index (χ1n) is 9.61. The second kappa shape index (κ2) is 8.88. The average molecular weight is 445 g/mol. The van der Waals surface area contributed by atoms with E-state index in [0.29, 0.717) is 35.5 Å². The van der Waals surface area contributed by atoms with Crippen LogP contribution in [0.15, 0.2) is 29.6 Å². The van der Waals surface area contributed by atoms with Gasteiger partial charge in [0.1, 0.15) is 0 Å². The number of hydrogen-bond donors (Lipinski definition) is 0. The molecule has 8 nitrogen and oxygen atoms in total. The fourth-order valence-electron chi connectivity index (χ4n) is 3.16. The molecule has 1 saturated heterocycles. The van der Waals surface area contributed by atoms with Gasteiger partial charge in [-0.15, -0.1) is 11.3 Å². The Hall–Kier alpha value is -2.85. The summed E-state index contributed by atoms with van der Waals surface area (Å²) in [5.74, 6) is -0.807. The predicted molar refractivity (Wildman–Crippen MR) is 116 cm³/mol. The number of likely N-dealkylation sites (N-methyl/N-ethyl adjacent to an activating group) is 1. The molecule has 1 aromatic carbocycles. The lowest BCUT2D eigenvalue weighted by atomic mass is 10.3. The van der Waals surface area contributed by atoms with Crippen molar-refractivity contribution in [2.24, 2.45) is 0 Å². The minimum atomic E-state index is -0.534. The van der Waals surface area contributed by atoms with E-state index < -0.39 is 5.97 Å². The van der Waals surface area contributed by atoms with Gasteiger partial charge in [0.05, 0.1) is 22.3 Å². The van der Waals surface area contributed by atoms with Crippen molar-refractivity contribution in [3.63, 3.8) is 0 Å². The molecule has 10 heteroatoms. The molecule has 0 atom stereocenters. The van der Waals surface area contributed by atoms with Gasteiger partial charge in [-0.25, -0.2) is 9.97 Å². The van der Waals surface area contributed by atoms with Crippen LogP contribution in [0.25, 0.3) is 10.2 Å².